The molecule has 0 fully saturated rings. The van der Waals surface area contributed by atoms with Gasteiger partial charge in [-0.15, -0.1) is 0 Å². The summed E-state index contributed by atoms with van der Waals surface area (Å²) in [5, 5.41) is 9.32. The molecule has 2 aliphatic carbocycles. The van der Waals surface area contributed by atoms with Crippen molar-refractivity contribution in [1.29, 1.82) is 0 Å². The molecule has 0 atom stereocenters. The molecule has 0 aliphatic heterocycles. The molecular weight excluding hydrogens is 136 g/mol. The molecule has 0 saturated carbocycles. The topological polar surface area (TPSA) is 20.2 Å². The summed E-state index contributed by atoms with van der Waals surface area (Å²) in [5.74, 6) is 0.358. The Morgan fingerprint density at radius 3 is 2.18 bits per heavy atom. The molecule has 0 saturated heterocycles. The van der Waals surface area contributed by atoms with Gasteiger partial charge in [0, 0.05) is 5.57 Å². The van der Waals surface area contributed by atoms with E-state index in [0.29, 0.717) is 5.76 Å². The maximum Gasteiger partial charge on any atom is 0.123 e. The number of rotatable bonds is 0. The lowest BCUT2D eigenvalue weighted by Gasteiger charge is -1.97. The van der Waals surface area contributed by atoms with Gasteiger partial charge >= 0.3 is 0 Å². The predicted molar refractivity (Wildman–Crippen MR) is 45.2 cm³/mol. The quantitative estimate of drug-likeness (QED) is 0.553. The summed E-state index contributed by atoms with van der Waals surface area (Å²) < 4.78 is 0. The lowest BCUT2D eigenvalue weighted by atomic mass is 10.1. The van der Waals surface area contributed by atoms with Crippen molar-refractivity contribution >= 4 is 0 Å². The Balaban J connectivity index is 2.48. The van der Waals surface area contributed by atoms with E-state index in [1.54, 1.807) is 6.08 Å². The summed E-state index contributed by atoms with van der Waals surface area (Å²) in [7, 11) is 0. The van der Waals surface area contributed by atoms with Crippen LogP contribution >= 0.6 is 0 Å². The van der Waals surface area contributed by atoms with Gasteiger partial charge in [-0.2, -0.15) is 0 Å². The number of allylic oxidation sites excluding steroid dienone is 8. The molecule has 0 aromatic rings. The van der Waals surface area contributed by atoms with Gasteiger partial charge in [0.05, 0.1) is 0 Å². The van der Waals surface area contributed by atoms with Crippen LogP contribution in [0.1, 0.15) is 0 Å². The molecule has 0 radical (unpaired) electrons. The van der Waals surface area contributed by atoms with Crippen LogP contribution < -0.4 is 0 Å². The first-order valence-corrected chi connectivity index (χ1v) is 3.54. The second-order valence-electron chi connectivity index (χ2n) is 2.50. The Hall–Kier alpha value is -1.50. The molecule has 0 unspecified atom stereocenters. The zero-order valence-corrected chi connectivity index (χ0v) is 5.99. The van der Waals surface area contributed by atoms with E-state index in [2.05, 4.69) is 0 Å². The first-order valence-electron chi connectivity index (χ1n) is 3.54. The van der Waals surface area contributed by atoms with E-state index < -0.39 is 0 Å². The third-order valence-electron chi connectivity index (χ3n) is 1.77. The minimum atomic E-state index is 0.358. The van der Waals surface area contributed by atoms with E-state index in [4.69, 9.17) is 0 Å². The Bertz CT molecular complexity index is 311. The lowest BCUT2D eigenvalue weighted by Crippen LogP contribution is -1.83. The summed E-state index contributed by atoms with van der Waals surface area (Å²) in [6.07, 6.45) is 13.3. The highest BCUT2D eigenvalue weighted by Crippen LogP contribution is 2.23. The van der Waals surface area contributed by atoms with E-state index in [1.807, 2.05) is 36.5 Å². The first-order chi connectivity index (χ1) is 5.38. The predicted octanol–water partition coefficient (Wildman–Crippen LogP) is 2.42. The molecule has 11 heavy (non-hydrogen) atoms. The van der Waals surface area contributed by atoms with Crippen molar-refractivity contribution in [3.8, 4) is 0 Å². The van der Waals surface area contributed by atoms with Crippen LogP contribution in [0.5, 0.6) is 0 Å². The van der Waals surface area contributed by atoms with Crippen molar-refractivity contribution in [2.24, 2.45) is 0 Å². The standard InChI is InChI=1S/C10H8O/c11-10-7-3-6-9(10)8-4-1-2-5-8/h1-7,11H. The van der Waals surface area contributed by atoms with Gasteiger partial charge in [0.2, 0.25) is 0 Å². The fourth-order valence-electron chi connectivity index (χ4n) is 1.21. The van der Waals surface area contributed by atoms with Gasteiger partial charge in [0.25, 0.3) is 0 Å². The molecule has 0 heterocycles. The summed E-state index contributed by atoms with van der Waals surface area (Å²) in [6, 6.07) is 0. The molecule has 1 nitrogen and oxygen atoms in total. The highest BCUT2D eigenvalue weighted by Gasteiger charge is 2.08. The molecule has 0 bridgehead atoms. The highest BCUT2D eigenvalue weighted by atomic mass is 16.3. The van der Waals surface area contributed by atoms with Crippen molar-refractivity contribution in [2.75, 3.05) is 0 Å². The molecule has 2 rings (SSSR count). The van der Waals surface area contributed by atoms with Crippen LogP contribution in [0.25, 0.3) is 0 Å². The largest absolute Gasteiger partial charge is 0.507 e. The Morgan fingerprint density at radius 1 is 0.909 bits per heavy atom. The van der Waals surface area contributed by atoms with Gasteiger partial charge < -0.3 is 5.11 Å². The smallest absolute Gasteiger partial charge is 0.123 e. The number of aliphatic hydroxyl groups is 1. The van der Waals surface area contributed by atoms with Gasteiger partial charge in [-0.05, 0) is 11.6 Å². The molecule has 1 N–H and O–H groups in total. The molecular formula is C10H8O. The average Bonchev–Trinajstić information content (AvgIpc) is 2.55. The maximum atomic E-state index is 9.32. The molecule has 1 heteroatoms. The van der Waals surface area contributed by atoms with Gasteiger partial charge in [-0.25, -0.2) is 0 Å². The normalized spacial score (nSPS) is 20.2. The molecule has 54 valence electrons. The van der Waals surface area contributed by atoms with E-state index in [1.165, 1.54) is 0 Å². The minimum absolute atomic E-state index is 0.358. The maximum absolute atomic E-state index is 9.32. The summed E-state index contributed by atoms with van der Waals surface area (Å²) in [6.45, 7) is 0. The van der Waals surface area contributed by atoms with Gasteiger partial charge in [-0.3, -0.25) is 0 Å². The molecule has 0 aromatic heterocycles. The molecule has 0 amide bonds. The number of hydrogen-bond acceptors (Lipinski definition) is 1. The van der Waals surface area contributed by atoms with E-state index in [0.717, 1.165) is 11.1 Å². The van der Waals surface area contributed by atoms with Crippen LogP contribution in [-0.4, -0.2) is 5.11 Å². The molecule has 0 aromatic carbocycles. The lowest BCUT2D eigenvalue weighted by molar-refractivity contribution is 0.428. The van der Waals surface area contributed by atoms with Gasteiger partial charge in [0.15, 0.2) is 0 Å². The zero-order valence-electron chi connectivity index (χ0n) is 5.99. The second kappa shape index (κ2) is 2.27. The first kappa shape index (κ1) is 6.23. The van der Waals surface area contributed by atoms with Crippen molar-refractivity contribution in [3.63, 3.8) is 0 Å². The molecule has 2 aliphatic rings. The summed E-state index contributed by atoms with van der Waals surface area (Å²) in [5.41, 5.74) is 1.99. The zero-order chi connectivity index (χ0) is 7.68. The van der Waals surface area contributed by atoms with Crippen LogP contribution in [0.3, 0.4) is 0 Å². The highest BCUT2D eigenvalue weighted by molar-refractivity contribution is 5.56. The Kier molecular flexibility index (Phi) is 1.29. The minimum Gasteiger partial charge on any atom is -0.507 e. The van der Waals surface area contributed by atoms with E-state index >= 15 is 0 Å². The van der Waals surface area contributed by atoms with Gasteiger partial charge in [-0.1, -0.05) is 36.5 Å². The number of hydrogen-bond donors (Lipinski definition) is 1. The second-order valence-corrected chi connectivity index (χ2v) is 2.50. The van der Waals surface area contributed by atoms with Crippen LogP contribution in [0, 0.1) is 0 Å². The summed E-state index contributed by atoms with van der Waals surface area (Å²) >= 11 is 0. The van der Waals surface area contributed by atoms with Crippen molar-refractivity contribution < 1.29 is 5.11 Å². The third-order valence-corrected chi connectivity index (χ3v) is 1.77. The molecule has 0 spiro atoms. The third kappa shape index (κ3) is 0.944. The van der Waals surface area contributed by atoms with Crippen molar-refractivity contribution in [1.82, 2.24) is 0 Å². The Morgan fingerprint density at radius 2 is 1.64 bits per heavy atom. The SMILES string of the molecule is OC1=CC=CC1=C1C=CC=C1. The van der Waals surface area contributed by atoms with Crippen LogP contribution in [-0.2, 0) is 0 Å². The fraction of sp³-hybridized carbons (Fsp3) is 0. The Labute approximate surface area is 65.4 Å². The summed E-state index contributed by atoms with van der Waals surface area (Å²) in [4.78, 5) is 0. The number of aliphatic hydroxyl groups excluding tert-OH is 1. The van der Waals surface area contributed by atoms with Gasteiger partial charge in [0.1, 0.15) is 5.76 Å². The van der Waals surface area contributed by atoms with Crippen LogP contribution in [0.4, 0.5) is 0 Å². The van der Waals surface area contributed by atoms with Crippen LogP contribution in [0.2, 0.25) is 0 Å². The fourth-order valence-corrected chi connectivity index (χ4v) is 1.21. The average molecular weight is 144 g/mol. The van der Waals surface area contributed by atoms with Crippen molar-refractivity contribution in [3.05, 3.63) is 59.4 Å². The van der Waals surface area contributed by atoms with Crippen molar-refractivity contribution in [2.45, 2.75) is 0 Å². The van der Waals surface area contributed by atoms with E-state index in [-0.39, 0.29) is 0 Å². The van der Waals surface area contributed by atoms with E-state index in [9.17, 15) is 5.11 Å². The monoisotopic (exact) mass is 144 g/mol. The van der Waals surface area contributed by atoms with Crippen LogP contribution in [0.15, 0.2) is 59.4 Å².